The van der Waals surface area contributed by atoms with Crippen molar-refractivity contribution in [2.24, 2.45) is 0 Å². The Bertz CT molecular complexity index is 234. The van der Waals surface area contributed by atoms with Gasteiger partial charge in [-0.25, -0.2) is 0 Å². The van der Waals surface area contributed by atoms with Gasteiger partial charge >= 0.3 is 0 Å². The number of carbonyl (C=O) groups is 1. The second kappa shape index (κ2) is 5.61. The van der Waals surface area contributed by atoms with E-state index in [1.807, 2.05) is 11.8 Å². The molecule has 1 atom stereocenters. The van der Waals surface area contributed by atoms with Crippen molar-refractivity contribution in [2.75, 3.05) is 19.6 Å². The van der Waals surface area contributed by atoms with Gasteiger partial charge in [0, 0.05) is 26.1 Å². The summed E-state index contributed by atoms with van der Waals surface area (Å²) in [5.74, 6) is 0.191. The van der Waals surface area contributed by atoms with Gasteiger partial charge in [-0.15, -0.1) is 0 Å². The first-order chi connectivity index (χ1) is 6.79. The Kier molecular flexibility index (Phi) is 4.41. The summed E-state index contributed by atoms with van der Waals surface area (Å²) in [5, 5.41) is 11.6. The molecule has 1 aliphatic heterocycles. The van der Waals surface area contributed by atoms with Crippen LogP contribution in [0.1, 0.15) is 26.2 Å². The van der Waals surface area contributed by atoms with E-state index < -0.39 is 0 Å². The van der Waals surface area contributed by atoms with E-state index in [1.54, 1.807) is 0 Å². The summed E-state index contributed by atoms with van der Waals surface area (Å²) in [6, 6.07) is 2.09. The van der Waals surface area contributed by atoms with Crippen LogP contribution in [0.25, 0.3) is 0 Å². The van der Waals surface area contributed by atoms with E-state index in [2.05, 4.69) is 11.4 Å². The summed E-state index contributed by atoms with van der Waals surface area (Å²) in [4.78, 5) is 13.6. The monoisotopic (exact) mass is 195 g/mol. The maximum absolute atomic E-state index is 11.7. The third kappa shape index (κ3) is 2.71. The molecule has 78 valence electrons. The number of nitrogens with zero attached hydrogens (tertiary/aromatic N) is 2. The van der Waals surface area contributed by atoms with Crippen LogP contribution >= 0.6 is 0 Å². The molecule has 0 spiro atoms. The van der Waals surface area contributed by atoms with E-state index in [0.29, 0.717) is 6.42 Å². The third-order valence-corrected chi connectivity index (χ3v) is 2.51. The molecule has 1 rings (SSSR count). The molecule has 4 heteroatoms. The molecule has 1 N–H and O–H groups in total. The minimum atomic E-state index is -0.00849. The molecule has 0 saturated carbocycles. The largest absolute Gasteiger partial charge is 0.340 e. The summed E-state index contributed by atoms with van der Waals surface area (Å²) in [5.41, 5.74) is 0. The van der Waals surface area contributed by atoms with Gasteiger partial charge in [-0.1, -0.05) is 6.92 Å². The molecule has 0 radical (unpaired) electrons. The van der Waals surface area contributed by atoms with Crippen LogP contribution < -0.4 is 5.32 Å². The molecule has 1 heterocycles. The van der Waals surface area contributed by atoms with Gasteiger partial charge in [0.05, 0.1) is 12.1 Å². The highest BCUT2D eigenvalue weighted by Crippen LogP contribution is 2.05. The van der Waals surface area contributed by atoms with Gasteiger partial charge in [0.25, 0.3) is 0 Å². The molecule has 1 amide bonds. The van der Waals surface area contributed by atoms with Gasteiger partial charge in [0.1, 0.15) is 0 Å². The first-order valence-electron chi connectivity index (χ1n) is 5.18. The number of amides is 1. The number of piperazine rings is 1. The fraction of sp³-hybridized carbons (Fsp3) is 0.800. The molecule has 0 aromatic heterocycles. The van der Waals surface area contributed by atoms with E-state index in [0.717, 1.165) is 32.5 Å². The highest BCUT2D eigenvalue weighted by molar-refractivity contribution is 5.82. The highest BCUT2D eigenvalue weighted by atomic mass is 16.2. The highest BCUT2D eigenvalue weighted by Gasteiger charge is 2.25. The van der Waals surface area contributed by atoms with E-state index in [9.17, 15) is 4.79 Å². The number of carbonyl (C=O) groups excluding carboxylic acids is 1. The molecule has 1 aliphatic rings. The Labute approximate surface area is 84.9 Å². The second-order valence-electron chi connectivity index (χ2n) is 3.50. The van der Waals surface area contributed by atoms with Crippen molar-refractivity contribution in [3.8, 4) is 6.07 Å². The molecule has 0 bridgehead atoms. The lowest BCUT2D eigenvalue weighted by molar-refractivity contribution is -0.135. The van der Waals surface area contributed by atoms with Gasteiger partial charge in [0.2, 0.25) is 5.91 Å². The number of nitriles is 1. The number of hydrogen-bond acceptors (Lipinski definition) is 3. The smallest absolute Gasteiger partial charge is 0.239 e. The number of rotatable bonds is 4. The summed E-state index contributed by atoms with van der Waals surface area (Å²) < 4.78 is 0. The Balaban J connectivity index is 2.37. The molecule has 1 saturated heterocycles. The van der Waals surface area contributed by atoms with Crippen LogP contribution in [0.15, 0.2) is 0 Å². The first-order valence-corrected chi connectivity index (χ1v) is 5.18. The van der Waals surface area contributed by atoms with Gasteiger partial charge in [-0.3, -0.25) is 4.79 Å². The molecule has 1 fully saturated rings. The second-order valence-corrected chi connectivity index (χ2v) is 3.50. The van der Waals surface area contributed by atoms with Gasteiger partial charge < -0.3 is 10.2 Å². The Morgan fingerprint density at radius 2 is 2.50 bits per heavy atom. The zero-order valence-electron chi connectivity index (χ0n) is 8.62. The molecule has 14 heavy (non-hydrogen) atoms. The third-order valence-electron chi connectivity index (χ3n) is 2.51. The fourth-order valence-corrected chi connectivity index (χ4v) is 1.68. The summed E-state index contributed by atoms with van der Waals surface area (Å²) in [7, 11) is 0. The van der Waals surface area contributed by atoms with E-state index >= 15 is 0 Å². The SMILES string of the molecule is CCC1NCCN(CCCC#N)C1=O. The summed E-state index contributed by atoms with van der Waals surface area (Å²) >= 11 is 0. The van der Waals surface area contributed by atoms with Crippen molar-refractivity contribution in [3.63, 3.8) is 0 Å². The molecular weight excluding hydrogens is 178 g/mol. The van der Waals surface area contributed by atoms with Crippen LogP contribution in [-0.2, 0) is 4.79 Å². The standard InChI is InChI=1S/C10H17N3O/c1-2-9-10(14)13(8-6-12-9)7-4-3-5-11/h9,12H,2-4,6-8H2,1H3. The molecular formula is C10H17N3O. The van der Waals surface area contributed by atoms with Crippen LogP contribution in [0.2, 0.25) is 0 Å². The summed E-state index contributed by atoms with van der Waals surface area (Å²) in [6.45, 7) is 4.39. The van der Waals surface area contributed by atoms with Crippen molar-refractivity contribution < 1.29 is 4.79 Å². The first kappa shape index (κ1) is 11.0. The van der Waals surface area contributed by atoms with E-state index in [1.165, 1.54) is 0 Å². The van der Waals surface area contributed by atoms with Crippen molar-refractivity contribution in [3.05, 3.63) is 0 Å². The lowest BCUT2D eigenvalue weighted by Gasteiger charge is -2.32. The Hall–Kier alpha value is -1.08. The van der Waals surface area contributed by atoms with Gasteiger partial charge in [0.15, 0.2) is 0 Å². The predicted octanol–water partition coefficient (Wildman–Crippen LogP) is 0.501. The molecule has 0 aromatic carbocycles. The van der Waals surface area contributed by atoms with Crippen LogP contribution in [-0.4, -0.2) is 36.5 Å². The fourth-order valence-electron chi connectivity index (χ4n) is 1.68. The summed E-state index contributed by atoms with van der Waals surface area (Å²) in [6.07, 6.45) is 2.17. The maximum Gasteiger partial charge on any atom is 0.239 e. The van der Waals surface area contributed by atoms with Crippen LogP contribution in [0.5, 0.6) is 0 Å². The van der Waals surface area contributed by atoms with Gasteiger partial charge in [-0.05, 0) is 12.8 Å². The van der Waals surface area contributed by atoms with E-state index in [4.69, 9.17) is 5.26 Å². The number of unbranched alkanes of at least 4 members (excludes halogenated alkanes) is 1. The molecule has 0 aromatic rings. The zero-order valence-corrected chi connectivity index (χ0v) is 8.62. The number of nitrogens with one attached hydrogen (secondary N) is 1. The van der Waals surface area contributed by atoms with Crippen molar-refractivity contribution in [1.29, 1.82) is 5.26 Å². The predicted molar refractivity (Wildman–Crippen MR) is 53.5 cm³/mol. The van der Waals surface area contributed by atoms with Gasteiger partial charge in [-0.2, -0.15) is 5.26 Å². The van der Waals surface area contributed by atoms with Crippen LogP contribution in [0.3, 0.4) is 0 Å². The zero-order chi connectivity index (χ0) is 10.4. The van der Waals surface area contributed by atoms with Crippen LogP contribution in [0.4, 0.5) is 0 Å². The molecule has 1 unspecified atom stereocenters. The van der Waals surface area contributed by atoms with Crippen LogP contribution in [0, 0.1) is 11.3 Å². The van der Waals surface area contributed by atoms with E-state index in [-0.39, 0.29) is 11.9 Å². The van der Waals surface area contributed by atoms with Crippen molar-refractivity contribution >= 4 is 5.91 Å². The average Bonchev–Trinajstić information content (AvgIpc) is 2.21. The number of hydrogen-bond donors (Lipinski definition) is 1. The lowest BCUT2D eigenvalue weighted by atomic mass is 10.1. The normalized spacial score (nSPS) is 22.1. The van der Waals surface area contributed by atoms with Crippen molar-refractivity contribution in [1.82, 2.24) is 10.2 Å². The Morgan fingerprint density at radius 3 is 3.14 bits per heavy atom. The average molecular weight is 195 g/mol. The van der Waals surface area contributed by atoms with Crippen molar-refractivity contribution in [2.45, 2.75) is 32.2 Å². The maximum atomic E-state index is 11.7. The Morgan fingerprint density at radius 1 is 1.71 bits per heavy atom. The minimum Gasteiger partial charge on any atom is -0.340 e. The lowest BCUT2D eigenvalue weighted by Crippen LogP contribution is -2.54. The topological polar surface area (TPSA) is 56.1 Å². The quantitative estimate of drug-likeness (QED) is 0.665. The molecule has 4 nitrogen and oxygen atoms in total. The molecule has 0 aliphatic carbocycles. The minimum absolute atomic E-state index is 0.00849.